The average molecular weight is 343 g/mol. The van der Waals surface area contributed by atoms with Crippen molar-refractivity contribution in [1.82, 2.24) is 0 Å². The Labute approximate surface area is 143 Å². The van der Waals surface area contributed by atoms with Gasteiger partial charge in [-0.1, -0.05) is 30.3 Å². The summed E-state index contributed by atoms with van der Waals surface area (Å²) >= 11 is 0. The van der Waals surface area contributed by atoms with E-state index >= 15 is 0 Å². The van der Waals surface area contributed by atoms with Crippen molar-refractivity contribution in [2.75, 3.05) is 11.9 Å². The van der Waals surface area contributed by atoms with Gasteiger partial charge in [0.05, 0.1) is 12.0 Å². The fraction of sp³-hybridized carbons (Fsp3) is 0.105. The number of halogens is 2. The molecular formula is C19H17F2N2O2+. The Hall–Kier alpha value is -2.99. The van der Waals surface area contributed by atoms with E-state index < -0.39 is 17.5 Å². The van der Waals surface area contributed by atoms with Crippen molar-refractivity contribution in [3.8, 4) is 0 Å². The lowest BCUT2D eigenvalue weighted by atomic mass is 10.0. The van der Waals surface area contributed by atoms with E-state index in [0.717, 1.165) is 17.7 Å². The molecule has 0 fully saturated rings. The van der Waals surface area contributed by atoms with Crippen LogP contribution < -0.4 is 10.6 Å². The summed E-state index contributed by atoms with van der Waals surface area (Å²) in [5.74, 6) is -1.17. The second-order valence-corrected chi connectivity index (χ2v) is 5.52. The van der Waals surface area contributed by atoms with Crippen LogP contribution in [0.25, 0.3) is 0 Å². The Morgan fingerprint density at radius 2 is 1.88 bits per heavy atom. The average Bonchev–Trinajstić information content (AvgIpc) is 3.13. The molecule has 6 heteroatoms. The van der Waals surface area contributed by atoms with E-state index in [1.54, 1.807) is 17.6 Å². The monoisotopic (exact) mass is 343 g/mol. The number of amides is 1. The van der Waals surface area contributed by atoms with Crippen molar-refractivity contribution in [2.24, 2.45) is 0 Å². The summed E-state index contributed by atoms with van der Waals surface area (Å²) in [7, 11) is 0. The molecule has 2 aromatic carbocycles. The molecule has 3 N–H and O–H groups in total. The molecule has 4 nitrogen and oxygen atoms in total. The van der Waals surface area contributed by atoms with Crippen molar-refractivity contribution < 1.29 is 23.3 Å². The van der Waals surface area contributed by atoms with Crippen LogP contribution >= 0.6 is 0 Å². The second-order valence-electron chi connectivity index (χ2n) is 5.52. The summed E-state index contributed by atoms with van der Waals surface area (Å²) in [6.07, 6.45) is 1.58. The summed E-state index contributed by atoms with van der Waals surface area (Å²) in [4.78, 5) is 12.1. The summed E-state index contributed by atoms with van der Waals surface area (Å²) in [5.41, 5.74) is 0.937. The lowest BCUT2D eigenvalue weighted by Gasteiger charge is -2.14. The highest BCUT2D eigenvalue weighted by Crippen LogP contribution is 2.18. The highest BCUT2D eigenvalue weighted by molar-refractivity contribution is 5.91. The highest BCUT2D eigenvalue weighted by Gasteiger charge is 2.21. The number of nitrogens with one attached hydrogen (secondary N) is 1. The molecule has 3 aromatic rings. The Bertz CT molecular complexity index is 836. The highest BCUT2D eigenvalue weighted by atomic mass is 19.1. The molecule has 0 bridgehead atoms. The fourth-order valence-corrected chi connectivity index (χ4v) is 2.56. The van der Waals surface area contributed by atoms with E-state index in [4.69, 9.17) is 4.42 Å². The number of nitrogens with two attached hydrogens (primary N) is 1. The Morgan fingerprint density at radius 3 is 2.56 bits per heavy atom. The maximum Gasteiger partial charge on any atom is 0.279 e. The number of anilines is 1. The summed E-state index contributed by atoms with van der Waals surface area (Å²) in [6.45, 7) is 0.0527. The lowest BCUT2D eigenvalue weighted by Crippen LogP contribution is -2.87. The van der Waals surface area contributed by atoms with Crippen molar-refractivity contribution >= 4 is 11.6 Å². The maximum atomic E-state index is 13.6. The normalized spacial score (nSPS) is 11.9. The SMILES string of the molecule is O=C(C[NH2+][C@H](c1ccccc1)c1ccco1)Nc1ccc(F)cc1F. The van der Waals surface area contributed by atoms with Gasteiger partial charge in [0.15, 0.2) is 18.3 Å². The van der Waals surface area contributed by atoms with Gasteiger partial charge in [-0.05, 0) is 24.3 Å². The zero-order valence-corrected chi connectivity index (χ0v) is 13.3. The number of hydrogen-bond acceptors (Lipinski definition) is 2. The molecule has 0 aliphatic rings. The Kier molecular flexibility index (Phi) is 5.20. The number of benzene rings is 2. The van der Waals surface area contributed by atoms with Gasteiger partial charge < -0.3 is 15.1 Å². The van der Waals surface area contributed by atoms with Crippen molar-refractivity contribution in [2.45, 2.75) is 6.04 Å². The topological polar surface area (TPSA) is 58.9 Å². The molecule has 1 heterocycles. The predicted molar refractivity (Wildman–Crippen MR) is 88.8 cm³/mol. The van der Waals surface area contributed by atoms with E-state index in [1.807, 2.05) is 36.4 Å². The van der Waals surface area contributed by atoms with Gasteiger partial charge in [0.1, 0.15) is 11.6 Å². The first kappa shape index (κ1) is 16.9. The summed E-state index contributed by atoms with van der Waals surface area (Å²) in [5, 5.41) is 4.24. The zero-order valence-electron chi connectivity index (χ0n) is 13.3. The molecule has 0 unspecified atom stereocenters. The van der Waals surface area contributed by atoms with E-state index in [-0.39, 0.29) is 18.3 Å². The van der Waals surface area contributed by atoms with E-state index in [1.165, 1.54) is 6.07 Å². The van der Waals surface area contributed by atoms with Crippen LogP contribution in [0.5, 0.6) is 0 Å². The van der Waals surface area contributed by atoms with Crippen molar-refractivity contribution in [3.63, 3.8) is 0 Å². The molecule has 128 valence electrons. The third kappa shape index (κ3) is 4.30. The number of quaternary nitrogens is 1. The molecule has 0 radical (unpaired) electrons. The fourth-order valence-electron chi connectivity index (χ4n) is 2.56. The van der Waals surface area contributed by atoms with Gasteiger partial charge in [0.25, 0.3) is 5.91 Å². The molecule has 0 spiro atoms. The zero-order chi connectivity index (χ0) is 17.6. The molecule has 1 aromatic heterocycles. The minimum atomic E-state index is -0.806. The largest absolute Gasteiger partial charge is 0.463 e. The molecule has 25 heavy (non-hydrogen) atoms. The van der Waals surface area contributed by atoms with E-state index in [2.05, 4.69) is 5.32 Å². The van der Waals surface area contributed by atoms with Crippen LogP contribution in [-0.2, 0) is 4.79 Å². The van der Waals surface area contributed by atoms with Gasteiger partial charge in [-0.25, -0.2) is 8.78 Å². The first-order chi connectivity index (χ1) is 12.1. The summed E-state index contributed by atoms with van der Waals surface area (Å²) < 4.78 is 32.0. The van der Waals surface area contributed by atoms with Gasteiger partial charge in [0, 0.05) is 11.6 Å². The predicted octanol–water partition coefficient (Wildman–Crippen LogP) is 2.85. The molecule has 1 amide bonds. The van der Waals surface area contributed by atoms with Crippen LogP contribution in [0.3, 0.4) is 0 Å². The standard InChI is InChI=1S/C19H16F2N2O2/c20-14-8-9-16(15(21)11-14)23-18(24)12-22-19(17-7-4-10-25-17)13-5-2-1-3-6-13/h1-11,19,22H,12H2,(H,23,24)/p+1/t19-/m1/s1. The molecule has 1 atom stereocenters. The number of hydrogen-bond donors (Lipinski definition) is 2. The quantitative estimate of drug-likeness (QED) is 0.723. The number of rotatable bonds is 6. The molecule has 0 aliphatic carbocycles. The maximum absolute atomic E-state index is 13.6. The van der Waals surface area contributed by atoms with Crippen LogP contribution in [0.15, 0.2) is 71.3 Å². The van der Waals surface area contributed by atoms with Crippen LogP contribution in [0.2, 0.25) is 0 Å². The van der Waals surface area contributed by atoms with Crippen LogP contribution in [0.1, 0.15) is 17.4 Å². The molecule has 0 saturated carbocycles. The van der Waals surface area contributed by atoms with Crippen molar-refractivity contribution in [1.29, 1.82) is 0 Å². The third-order valence-electron chi connectivity index (χ3n) is 3.75. The minimum absolute atomic E-state index is 0.0472. The van der Waals surface area contributed by atoms with Gasteiger partial charge in [0.2, 0.25) is 0 Å². The number of carbonyl (C=O) groups excluding carboxylic acids is 1. The minimum Gasteiger partial charge on any atom is -0.463 e. The van der Waals surface area contributed by atoms with E-state index in [0.29, 0.717) is 5.76 Å². The van der Waals surface area contributed by atoms with Gasteiger partial charge in [-0.2, -0.15) is 0 Å². The molecular weight excluding hydrogens is 326 g/mol. The second kappa shape index (κ2) is 7.72. The van der Waals surface area contributed by atoms with Crippen molar-refractivity contribution in [3.05, 3.63) is 89.9 Å². The number of carbonyl (C=O) groups is 1. The smallest absolute Gasteiger partial charge is 0.279 e. The van der Waals surface area contributed by atoms with Crippen LogP contribution in [-0.4, -0.2) is 12.5 Å². The summed E-state index contributed by atoms with van der Waals surface area (Å²) in [6, 6.07) is 16.1. The molecule has 0 aliphatic heterocycles. The van der Waals surface area contributed by atoms with Gasteiger partial charge in [-0.3, -0.25) is 4.79 Å². The Morgan fingerprint density at radius 1 is 1.08 bits per heavy atom. The van der Waals surface area contributed by atoms with Crippen LogP contribution in [0.4, 0.5) is 14.5 Å². The first-order valence-corrected chi connectivity index (χ1v) is 7.80. The first-order valence-electron chi connectivity index (χ1n) is 7.80. The molecule has 3 rings (SSSR count). The number of furan rings is 1. The molecule has 0 saturated heterocycles. The van der Waals surface area contributed by atoms with Crippen LogP contribution in [0, 0.1) is 11.6 Å². The lowest BCUT2D eigenvalue weighted by molar-refractivity contribution is -0.678. The third-order valence-corrected chi connectivity index (χ3v) is 3.75. The van der Waals surface area contributed by atoms with E-state index in [9.17, 15) is 13.6 Å². The Balaban J connectivity index is 1.68. The van der Waals surface area contributed by atoms with Gasteiger partial charge >= 0.3 is 0 Å². The van der Waals surface area contributed by atoms with Gasteiger partial charge in [-0.15, -0.1) is 0 Å².